The molecule has 1 saturated heterocycles. The average molecular weight is 410 g/mol. The van der Waals surface area contributed by atoms with Gasteiger partial charge in [0.2, 0.25) is 0 Å². The quantitative estimate of drug-likeness (QED) is 0.699. The molecule has 2 aromatic carbocycles. The van der Waals surface area contributed by atoms with Gasteiger partial charge < -0.3 is 4.90 Å². The molecule has 1 fully saturated rings. The maximum atomic E-state index is 12.8. The first-order valence-electron chi connectivity index (χ1n) is 9.56. The van der Waals surface area contributed by atoms with Gasteiger partial charge in [0.15, 0.2) is 0 Å². The molecular weight excluding hydrogens is 388 g/mol. The first-order valence-corrected chi connectivity index (χ1v) is 11.0. The number of amides is 1. The molecular formula is C21H22N4O3S. The van der Waals surface area contributed by atoms with Crippen molar-refractivity contribution in [3.05, 3.63) is 72.4 Å². The Kier molecular flexibility index (Phi) is 5.35. The number of para-hydroxylation sites is 1. The molecule has 4 rings (SSSR count). The number of rotatable bonds is 5. The van der Waals surface area contributed by atoms with Crippen molar-refractivity contribution in [2.24, 2.45) is 0 Å². The number of hydrogen-bond donors (Lipinski definition) is 1. The Morgan fingerprint density at radius 3 is 2.28 bits per heavy atom. The van der Waals surface area contributed by atoms with Gasteiger partial charge in [-0.1, -0.05) is 18.2 Å². The Balaban J connectivity index is 1.53. The van der Waals surface area contributed by atoms with Crippen LogP contribution in [-0.2, 0) is 10.0 Å². The molecule has 0 spiro atoms. The van der Waals surface area contributed by atoms with E-state index in [0.29, 0.717) is 11.4 Å². The zero-order valence-electron chi connectivity index (χ0n) is 15.9. The number of sulfonamides is 1. The highest BCUT2D eigenvalue weighted by molar-refractivity contribution is 7.92. The number of hydrogen-bond acceptors (Lipinski definition) is 4. The van der Waals surface area contributed by atoms with Crippen molar-refractivity contribution >= 4 is 21.7 Å². The van der Waals surface area contributed by atoms with Crippen LogP contribution in [0.15, 0.2) is 71.8 Å². The summed E-state index contributed by atoms with van der Waals surface area (Å²) in [7, 11) is -3.82. The van der Waals surface area contributed by atoms with E-state index in [1.54, 1.807) is 18.2 Å². The van der Waals surface area contributed by atoms with Gasteiger partial charge in [-0.15, -0.1) is 0 Å². The summed E-state index contributed by atoms with van der Waals surface area (Å²) in [5.41, 5.74) is 1.25. The number of nitrogens with zero attached hydrogens (tertiary/aromatic N) is 3. The first-order chi connectivity index (χ1) is 14.0. The van der Waals surface area contributed by atoms with Gasteiger partial charge in [-0.05, 0) is 55.7 Å². The van der Waals surface area contributed by atoms with Crippen molar-refractivity contribution in [2.45, 2.75) is 24.2 Å². The van der Waals surface area contributed by atoms with Crippen LogP contribution in [0.5, 0.6) is 0 Å². The minimum atomic E-state index is -3.82. The fourth-order valence-electron chi connectivity index (χ4n) is 3.41. The fraction of sp³-hybridized carbons (Fsp3) is 0.238. The van der Waals surface area contributed by atoms with E-state index in [-0.39, 0.29) is 10.8 Å². The SMILES string of the molecule is O=C(c1ccc(S(=O)(=O)Nc2ccnn2-c2ccccc2)cc1)N1CCCCC1. The summed E-state index contributed by atoms with van der Waals surface area (Å²) < 4.78 is 29.7. The molecule has 3 aromatic rings. The molecule has 0 bridgehead atoms. The number of nitrogens with one attached hydrogen (secondary N) is 1. The maximum Gasteiger partial charge on any atom is 0.263 e. The van der Waals surface area contributed by atoms with Crippen molar-refractivity contribution in [3.8, 4) is 5.69 Å². The summed E-state index contributed by atoms with van der Waals surface area (Å²) in [4.78, 5) is 14.5. The van der Waals surface area contributed by atoms with Crippen LogP contribution >= 0.6 is 0 Å². The molecule has 8 heteroatoms. The van der Waals surface area contributed by atoms with Gasteiger partial charge in [0, 0.05) is 24.7 Å². The van der Waals surface area contributed by atoms with Crippen molar-refractivity contribution in [1.29, 1.82) is 0 Å². The minimum Gasteiger partial charge on any atom is -0.339 e. The first kappa shape index (κ1) is 19.2. The van der Waals surface area contributed by atoms with Crippen LogP contribution in [0.1, 0.15) is 29.6 Å². The van der Waals surface area contributed by atoms with Crippen LogP contribution < -0.4 is 4.72 Å². The highest BCUT2D eigenvalue weighted by Crippen LogP contribution is 2.20. The Hall–Kier alpha value is -3.13. The third-order valence-electron chi connectivity index (χ3n) is 4.94. The lowest BCUT2D eigenvalue weighted by Crippen LogP contribution is -2.35. The average Bonchev–Trinajstić information content (AvgIpc) is 3.22. The number of aromatic nitrogens is 2. The van der Waals surface area contributed by atoms with Gasteiger partial charge in [0.1, 0.15) is 5.82 Å². The molecule has 1 amide bonds. The zero-order valence-corrected chi connectivity index (χ0v) is 16.7. The van der Waals surface area contributed by atoms with E-state index < -0.39 is 10.0 Å². The van der Waals surface area contributed by atoms with Crippen LogP contribution in [0.4, 0.5) is 5.82 Å². The standard InChI is InChI=1S/C21H22N4O3S/c26-21(24-15-5-2-6-16-24)17-9-11-19(12-10-17)29(27,28)23-20-13-14-22-25(20)18-7-3-1-4-8-18/h1,3-4,7-14,23H,2,5-6,15-16H2. The largest absolute Gasteiger partial charge is 0.339 e. The number of piperidine rings is 1. The van der Waals surface area contributed by atoms with Gasteiger partial charge in [-0.25, -0.2) is 13.1 Å². The molecule has 0 aliphatic carbocycles. The van der Waals surface area contributed by atoms with E-state index in [1.807, 2.05) is 35.2 Å². The Morgan fingerprint density at radius 1 is 0.897 bits per heavy atom. The molecule has 0 unspecified atom stereocenters. The monoisotopic (exact) mass is 410 g/mol. The van der Waals surface area contributed by atoms with Gasteiger partial charge in [-0.3, -0.25) is 9.52 Å². The van der Waals surface area contributed by atoms with Gasteiger partial charge >= 0.3 is 0 Å². The van der Waals surface area contributed by atoms with Crippen molar-refractivity contribution in [3.63, 3.8) is 0 Å². The normalized spacial score (nSPS) is 14.6. The van der Waals surface area contributed by atoms with E-state index in [2.05, 4.69) is 9.82 Å². The third-order valence-corrected chi connectivity index (χ3v) is 6.31. The van der Waals surface area contributed by atoms with Gasteiger partial charge in [0.05, 0.1) is 16.8 Å². The zero-order chi connectivity index (χ0) is 20.3. The molecule has 0 atom stereocenters. The van der Waals surface area contributed by atoms with Crippen LogP contribution in [0, 0.1) is 0 Å². The highest BCUT2D eigenvalue weighted by atomic mass is 32.2. The summed E-state index contributed by atoms with van der Waals surface area (Å²) in [6, 6.07) is 16.9. The van der Waals surface area contributed by atoms with E-state index in [0.717, 1.165) is 38.0 Å². The number of anilines is 1. The van der Waals surface area contributed by atoms with E-state index in [9.17, 15) is 13.2 Å². The topological polar surface area (TPSA) is 84.3 Å². The molecule has 2 heterocycles. The summed E-state index contributed by atoms with van der Waals surface area (Å²) in [6.45, 7) is 1.51. The number of carbonyl (C=O) groups is 1. The lowest BCUT2D eigenvalue weighted by molar-refractivity contribution is 0.0724. The van der Waals surface area contributed by atoms with Gasteiger partial charge in [0.25, 0.3) is 15.9 Å². The van der Waals surface area contributed by atoms with Crippen molar-refractivity contribution in [1.82, 2.24) is 14.7 Å². The van der Waals surface area contributed by atoms with Crippen molar-refractivity contribution in [2.75, 3.05) is 17.8 Å². The number of carbonyl (C=O) groups excluding carboxylic acids is 1. The second-order valence-electron chi connectivity index (χ2n) is 6.95. The third kappa shape index (κ3) is 4.17. The maximum absolute atomic E-state index is 12.8. The van der Waals surface area contributed by atoms with E-state index in [1.165, 1.54) is 23.0 Å². The molecule has 150 valence electrons. The molecule has 29 heavy (non-hydrogen) atoms. The second kappa shape index (κ2) is 8.08. The van der Waals surface area contributed by atoms with Crippen LogP contribution in [0.25, 0.3) is 5.69 Å². The highest BCUT2D eigenvalue weighted by Gasteiger charge is 2.21. The predicted molar refractivity (Wildman–Crippen MR) is 111 cm³/mol. The Labute approximate surface area is 170 Å². The molecule has 7 nitrogen and oxygen atoms in total. The summed E-state index contributed by atoms with van der Waals surface area (Å²) >= 11 is 0. The molecule has 0 radical (unpaired) electrons. The van der Waals surface area contributed by atoms with Crippen LogP contribution in [0.3, 0.4) is 0 Å². The molecule has 1 aliphatic rings. The lowest BCUT2D eigenvalue weighted by Gasteiger charge is -2.26. The van der Waals surface area contributed by atoms with Crippen LogP contribution in [-0.4, -0.2) is 42.1 Å². The van der Waals surface area contributed by atoms with Crippen LogP contribution in [0.2, 0.25) is 0 Å². The smallest absolute Gasteiger partial charge is 0.263 e. The molecule has 1 N–H and O–H groups in total. The number of benzene rings is 2. The fourth-order valence-corrected chi connectivity index (χ4v) is 4.45. The second-order valence-corrected chi connectivity index (χ2v) is 8.63. The molecule has 0 saturated carbocycles. The number of likely N-dealkylation sites (tertiary alicyclic amines) is 1. The molecule has 1 aliphatic heterocycles. The Bertz CT molecular complexity index is 1090. The Morgan fingerprint density at radius 2 is 1.59 bits per heavy atom. The molecule has 1 aromatic heterocycles. The van der Waals surface area contributed by atoms with Crippen molar-refractivity contribution < 1.29 is 13.2 Å². The lowest BCUT2D eigenvalue weighted by atomic mass is 10.1. The minimum absolute atomic E-state index is 0.0521. The summed E-state index contributed by atoms with van der Waals surface area (Å²) in [5.74, 6) is 0.286. The van der Waals surface area contributed by atoms with E-state index >= 15 is 0 Å². The van der Waals surface area contributed by atoms with E-state index in [4.69, 9.17) is 0 Å². The summed E-state index contributed by atoms with van der Waals surface area (Å²) in [6.07, 6.45) is 4.70. The predicted octanol–water partition coefficient (Wildman–Crippen LogP) is 3.30. The summed E-state index contributed by atoms with van der Waals surface area (Å²) in [5, 5.41) is 4.19. The van der Waals surface area contributed by atoms with Gasteiger partial charge in [-0.2, -0.15) is 5.10 Å².